The van der Waals surface area contributed by atoms with Gasteiger partial charge < -0.3 is 9.47 Å². The SMILES string of the molecule is O=C1c2nc3cccc(Cl)c3n2CCN1CC1CC1. The van der Waals surface area contributed by atoms with Gasteiger partial charge in [0.15, 0.2) is 5.82 Å². The maximum atomic E-state index is 12.5. The Kier molecular flexibility index (Phi) is 2.36. The van der Waals surface area contributed by atoms with Crippen molar-refractivity contribution in [2.45, 2.75) is 19.4 Å². The highest BCUT2D eigenvalue weighted by molar-refractivity contribution is 6.35. The van der Waals surface area contributed by atoms with E-state index in [4.69, 9.17) is 11.6 Å². The molecule has 0 unspecified atom stereocenters. The van der Waals surface area contributed by atoms with Crippen LogP contribution in [0.15, 0.2) is 18.2 Å². The van der Waals surface area contributed by atoms with Crippen LogP contribution >= 0.6 is 11.6 Å². The van der Waals surface area contributed by atoms with Crippen molar-refractivity contribution in [2.75, 3.05) is 13.1 Å². The predicted octanol–water partition coefficient (Wildman–Crippen LogP) is 2.56. The zero-order valence-electron chi connectivity index (χ0n) is 10.5. The number of hydrogen-bond acceptors (Lipinski definition) is 2. The Hall–Kier alpha value is -1.55. The fourth-order valence-electron chi connectivity index (χ4n) is 2.77. The molecule has 1 amide bonds. The van der Waals surface area contributed by atoms with Gasteiger partial charge in [0.25, 0.3) is 5.91 Å². The minimum Gasteiger partial charge on any atom is -0.334 e. The van der Waals surface area contributed by atoms with E-state index in [2.05, 4.69) is 4.98 Å². The third kappa shape index (κ3) is 1.74. The largest absolute Gasteiger partial charge is 0.334 e. The Morgan fingerprint density at radius 3 is 2.95 bits per heavy atom. The van der Waals surface area contributed by atoms with Crippen LogP contribution in [0.3, 0.4) is 0 Å². The van der Waals surface area contributed by atoms with Gasteiger partial charge in [-0.05, 0) is 30.9 Å². The molecule has 1 saturated carbocycles. The molecule has 4 nitrogen and oxygen atoms in total. The highest BCUT2D eigenvalue weighted by Crippen LogP contribution is 2.32. The summed E-state index contributed by atoms with van der Waals surface area (Å²) in [6, 6.07) is 5.63. The molecule has 0 saturated heterocycles. The molecule has 1 aliphatic heterocycles. The predicted molar refractivity (Wildman–Crippen MR) is 73.4 cm³/mol. The summed E-state index contributed by atoms with van der Waals surface area (Å²) in [5.41, 5.74) is 1.70. The number of amides is 1. The number of aromatic nitrogens is 2. The molecule has 2 heterocycles. The van der Waals surface area contributed by atoms with E-state index in [-0.39, 0.29) is 5.91 Å². The molecule has 19 heavy (non-hydrogen) atoms. The van der Waals surface area contributed by atoms with Crippen molar-refractivity contribution >= 4 is 28.5 Å². The summed E-state index contributed by atoms with van der Waals surface area (Å²) >= 11 is 6.23. The first-order chi connectivity index (χ1) is 9.24. The summed E-state index contributed by atoms with van der Waals surface area (Å²) in [5.74, 6) is 1.30. The van der Waals surface area contributed by atoms with Gasteiger partial charge in [-0.1, -0.05) is 17.7 Å². The van der Waals surface area contributed by atoms with Gasteiger partial charge in [-0.25, -0.2) is 4.98 Å². The Morgan fingerprint density at radius 2 is 2.16 bits per heavy atom. The molecule has 98 valence electrons. The average molecular weight is 276 g/mol. The van der Waals surface area contributed by atoms with Crippen molar-refractivity contribution in [2.24, 2.45) is 5.92 Å². The lowest BCUT2D eigenvalue weighted by molar-refractivity contribution is 0.0690. The van der Waals surface area contributed by atoms with Crippen LogP contribution in [0.5, 0.6) is 0 Å². The van der Waals surface area contributed by atoms with Gasteiger partial charge in [0, 0.05) is 19.6 Å². The van der Waals surface area contributed by atoms with Crippen LogP contribution in [0.4, 0.5) is 0 Å². The second-order valence-corrected chi connectivity index (χ2v) is 5.80. The maximum Gasteiger partial charge on any atom is 0.289 e. The number of imidazole rings is 1. The number of halogens is 1. The van der Waals surface area contributed by atoms with E-state index in [0.717, 1.165) is 30.7 Å². The molecule has 2 aromatic rings. The normalized spacial score (nSPS) is 19.0. The molecule has 5 heteroatoms. The lowest BCUT2D eigenvalue weighted by Crippen LogP contribution is -2.41. The van der Waals surface area contributed by atoms with E-state index >= 15 is 0 Å². The van der Waals surface area contributed by atoms with Crippen LogP contribution in [0.1, 0.15) is 23.5 Å². The van der Waals surface area contributed by atoms with E-state index in [9.17, 15) is 4.79 Å². The first-order valence-electron chi connectivity index (χ1n) is 6.68. The van der Waals surface area contributed by atoms with Crippen molar-refractivity contribution in [1.29, 1.82) is 0 Å². The number of para-hydroxylation sites is 1. The Morgan fingerprint density at radius 1 is 1.32 bits per heavy atom. The second-order valence-electron chi connectivity index (χ2n) is 5.39. The fraction of sp³-hybridized carbons (Fsp3) is 0.429. The first kappa shape index (κ1) is 11.3. The number of carbonyl (C=O) groups is 1. The Bertz CT molecular complexity index is 675. The smallest absolute Gasteiger partial charge is 0.289 e. The molecular weight excluding hydrogens is 262 g/mol. The van der Waals surface area contributed by atoms with Crippen LogP contribution in [-0.4, -0.2) is 33.4 Å². The molecule has 1 aromatic carbocycles. The zero-order chi connectivity index (χ0) is 13.0. The van der Waals surface area contributed by atoms with Gasteiger partial charge in [-0.2, -0.15) is 0 Å². The highest BCUT2D eigenvalue weighted by atomic mass is 35.5. The van der Waals surface area contributed by atoms with Crippen molar-refractivity contribution in [3.05, 3.63) is 29.0 Å². The molecule has 2 aliphatic rings. The number of benzene rings is 1. The summed E-state index contributed by atoms with van der Waals surface area (Å²) in [7, 11) is 0. The van der Waals surface area contributed by atoms with Crippen LogP contribution < -0.4 is 0 Å². The van der Waals surface area contributed by atoms with Crippen molar-refractivity contribution in [1.82, 2.24) is 14.5 Å². The molecule has 4 rings (SSSR count). The summed E-state index contributed by atoms with van der Waals surface area (Å²) < 4.78 is 1.96. The van der Waals surface area contributed by atoms with Gasteiger partial charge in [0.1, 0.15) is 0 Å². The van der Waals surface area contributed by atoms with Crippen molar-refractivity contribution in [3.63, 3.8) is 0 Å². The second kappa shape index (κ2) is 3.97. The van der Waals surface area contributed by atoms with E-state index in [1.807, 2.05) is 27.7 Å². The van der Waals surface area contributed by atoms with E-state index in [0.29, 0.717) is 16.8 Å². The lowest BCUT2D eigenvalue weighted by Gasteiger charge is -2.27. The first-order valence-corrected chi connectivity index (χ1v) is 7.06. The van der Waals surface area contributed by atoms with Gasteiger partial charge >= 0.3 is 0 Å². The third-order valence-corrected chi connectivity index (χ3v) is 4.27. The van der Waals surface area contributed by atoms with Crippen LogP contribution in [0, 0.1) is 5.92 Å². The quantitative estimate of drug-likeness (QED) is 0.845. The molecule has 1 aliphatic carbocycles. The number of carbonyl (C=O) groups excluding carboxylic acids is 1. The Balaban J connectivity index is 1.79. The third-order valence-electron chi connectivity index (χ3n) is 3.96. The molecule has 0 N–H and O–H groups in total. The topological polar surface area (TPSA) is 38.1 Å². The maximum absolute atomic E-state index is 12.5. The van der Waals surface area contributed by atoms with Crippen LogP contribution in [0.25, 0.3) is 11.0 Å². The van der Waals surface area contributed by atoms with Crippen LogP contribution in [0.2, 0.25) is 5.02 Å². The summed E-state index contributed by atoms with van der Waals surface area (Å²) in [5, 5.41) is 0.666. The Labute approximate surface area is 116 Å². The van der Waals surface area contributed by atoms with Gasteiger partial charge in [0.2, 0.25) is 0 Å². The monoisotopic (exact) mass is 275 g/mol. The van der Waals surface area contributed by atoms with Gasteiger partial charge in [-0.15, -0.1) is 0 Å². The molecular formula is C14H14ClN3O. The van der Waals surface area contributed by atoms with Crippen LogP contribution in [-0.2, 0) is 6.54 Å². The summed E-state index contributed by atoms with van der Waals surface area (Å²) in [4.78, 5) is 18.9. The highest BCUT2D eigenvalue weighted by Gasteiger charge is 2.32. The molecule has 0 bridgehead atoms. The molecule has 1 aromatic heterocycles. The summed E-state index contributed by atoms with van der Waals surface area (Å²) in [6.07, 6.45) is 2.51. The number of rotatable bonds is 2. The van der Waals surface area contributed by atoms with Gasteiger partial charge in [0.05, 0.1) is 16.1 Å². The average Bonchev–Trinajstić information content (AvgIpc) is 3.12. The fourth-order valence-corrected chi connectivity index (χ4v) is 3.04. The number of hydrogen-bond donors (Lipinski definition) is 0. The zero-order valence-corrected chi connectivity index (χ0v) is 11.2. The number of nitrogens with zero attached hydrogens (tertiary/aromatic N) is 3. The minimum absolute atomic E-state index is 0.0467. The molecule has 0 atom stereocenters. The standard InChI is InChI=1S/C14H14ClN3O/c15-10-2-1-3-11-12(10)18-7-6-17(8-9-4-5-9)14(19)13(18)16-11/h1-3,9H,4-8H2. The molecule has 1 fully saturated rings. The van der Waals surface area contributed by atoms with Crippen molar-refractivity contribution in [3.8, 4) is 0 Å². The lowest BCUT2D eigenvalue weighted by atomic mass is 10.3. The molecule has 0 radical (unpaired) electrons. The molecule has 0 spiro atoms. The van der Waals surface area contributed by atoms with E-state index < -0.39 is 0 Å². The van der Waals surface area contributed by atoms with Gasteiger partial charge in [-0.3, -0.25) is 4.79 Å². The summed E-state index contributed by atoms with van der Waals surface area (Å²) in [6.45, 7) is 2.43. The minimum atomic E-state index is 0.0467. The van der Waals surface area contributed by atoms with Crippen molar-refractivity contribution < 1.29 is 4.79 Å². The number of fused-ring (bicyclic) bond motifs is 3. The van der Waals surface area contributed by atoms with E-state index in [1.54, 1.807) is 0 Å². The van der Waals surface area contributed by atoms with E-state index in [1.165, 1.54) is 12.8 Å².